The van der Waals surface area contributed by atoms with E-state index in [2.05, 4.69) is 15.9 Å². The summed E-state index contributed by atoms with van der Waals surface area (Å²) in [6, 6.07) is 3.70. The van der Waals surface area contributed by atoms with Crippen LogP contribution in [0.2, 0.25) is 0 Å². The van der Waals surface area contributed by atoms with Crippen molar-refractivity contribution in [2.45, 2.75) is 6.18 Å². The van der Waals surface area contributed by atoms with Crippen molar-refractivity contribution in [3.63, 3.8) is 0 Å². The largest absolute Gasteiger partial charge is 0.418 e. The van der Waals surface area contributed by atoms with Crippen LogP contribution < -0.4 is 5.73 Å². The average molecular weight is 240 g/mol. The number of hydrogen-bond donors (Lipinski definition) is 1. The first-order valence-electron chi connectivity index (χ1n) is 3.04. The standard InChI is InChI=1S/C7H5BrF3N/c8-5-3-1-2-4(6(5)12)7(9,10)11/h1-3H,12H2. The quantitative estimate of drug-likeness (QED) is 0.693. The summed E-state index contributed by atoms with van der Waals surface area (Å²) >= 11 is 2.91. The van der Waals surface area contributed by atoms with E-state index in [1.165, 1.54) is 12.1 Å². The summed E-state index contributed by atoms with van der Waals surface area (Å²) < 4.78 is 36.6. The molecule has 0 atom stereocenters. The Labute approximate surface area is 75.5 Å². The molecule has 1 rings (SSSR count). The Morgan fingerprint density at radius 1 is 1.25 bits per heavy atom. The van der Waals surface area contributed by atoms with Crippen LogP contribution in [0.4, 0.5) is 18.9 Å². The Kier molecular flexibility index (Phi) is 2.32. The minimum Gasteiger partial charge on any atom is -0.397 e. The average Bonchev–Trinajstić information content (AvgIpc) is 1.92. The number of para-hydroxylation sites is 1. The molecule has 1 aromatic rings. The van der Waals surface area contributed by atoms with E-state index in [0.717, 1.165) is 6.07 Å². The smallest absolute Gasteiger partial charge is 0.397 e. The number of anilines is 1. The number of halogens is 4. The molecule has 66 valence electrons. The first kappa shape index (κ1) is 9.38. The third-order valence-corrected chi connectivity index (χ3v) is 2.05. The van der Waals surface area contributed by atoms with E-state index in [4.69, 9.17) is 5.73 Å². The first-order valence-corrected chi connectivity index (χ1v) is 3.83. The molecule has 0 spiro atoms. The topological polar surface area (TPSA) is 26.0 Å². The number of alkyl halides is 3. The maximum Gasteiger partial charge on any atom is 0.418 e. The zero-order chi connectivity index (χ0) is 9.35. The molecule has 0 unspecified atom stereocenters. The Balaban J connectivity index is 3.26. The summed E-state index contributed by atoms with van der Waals surface area (Å²) in [5.74, 6) is 0. The number of nitrogens with two attached hydrogens (primary N) is 1. The highest BCUT2D eigenvalue weighted by atomic mass is 79.9. The van der Waals surface area contributed by atoms with Gasteiger partial charge in [0.25, 0.3) is 0 Å². The molecule has 1 nitrogen and oxygen atoms in total. The van der Waals surface area contributed by atoms with Gasteiger partial charge in [0.1, 0.15) is 0 Å². The van der Waals surface area contributed by atoms with Gasteiger partial charge in [-0.2, -0.15) is 13.2 Å². The molecule has 1 aromatic carbocycles. The molecular weight excluding hydrogens is 235 g/mol. The Hall–Kier alpha value is -0.710. The maximum absolute atomic E-state index is 12.1. The van der Waals surface area contributed by atoms with E-state index in [-0.39, 0.29) is 10.2 Å². The summed E-state index contributed by atoms with van der Waals surface area (Å²) in [6.45, 7) is 0. The van der Waals surface area contributed by atoms with Crippen LogP contribution >= 0.6 is 15.9 Å². The van der Waals surface area contributed by atoms with Gasteiger partial charge in [0.05, 0.1) is 11.3 Å². The van der Waals surface area contributed by atoms with E-state index in [9.17, 15) is 13.2 Å². The van der Waals surface area contributed by atoms with Crippen LogP contribution in [0.3, 0.4) is 0 Å². The predicted octanol–water partition coefficient (Wildman–Crippen LogP) is 3.05. The van der Waals surface area contributed by atoms with Crippen LogP contribution in [0.25, 0.3) is 0 Å². The Morgan fingerprint density at radius 3 is 2.25 bits per heavy atom. The molecule has 0 bridgehead atoms. The fourth-order valence-electron chi connectivity index (χ4n) is 0.784. The predicted molar refractivity (Wildman–Crippen MR) is 43.6 cm³/mol. The van der Waals surface area contributed by atoms with Crippen molar-refractivity contribution in [3.8, 4) is 0 Å². The lowest BCUT2D eigenvalue weighted by Gasteiger charge is -2.09. The molecule has 0 aromatic heterocycles. The molecule has 0 aliphatic heterocycles. The zero-order valence-electron chi connectivity index (χ0n) is 5.82. The first-order chi connectivity index (χ1) is 5.43. The van der Waals surface area contributed by atoms with Gasteiger partial charge in [0.15, 0.2) is 0 Å². The van der Waals surface area contributed by atoms with E-state index in [1.807, 2.05) is 0 Å². The van der Waals surface area contributed by atoms with Crippen LogP contribution in [0.5, 0.6) is 0 Å². The van der Waals surface area contributed by atoms with Crippen molar-refractivity contribution in [1.82, 2.24) is 0 Å². The fraction of sp³-hybridized carbons (Fsp3) is 0.143. The third-order valence-electron chi connectivity index (χ3n) is 1.36. The normalized spacial score (nSPS) is 11.7. The lowest BCUT2D eigenvalue weighted by Crippen LogP contribution is -2.08. The molecule has 0 radical (unpaired) electrons. The summed E-state index contributed by atoms with van der Waals surface area (Å²) in [5.41, 5.74) is 4.12. The van der Waals surface area contributed by atoms with Gasteiger partial charge in [-0.25, -0.2) is 0 Å². The molecule has 0 fully saturated rings. The van der Waals surface area contributed by atoms with Gasteiger partial charge < -0.3 is 5.73 Å². The second-order valence-corrected chi connectivity index (χ2v) is 3.05. The minimum absolute atomic E-state index is 0.261. The monoisotopic (exact) mass is 239 g/mol. The van der Waals surface area contributed by atoms with Crippen LogP contribution in [-0.2, 0) is 6.18 Å². The molecule has 12 heavy (non-hydrogen) atoms. The highest BCUT2D eigenvalue weighted by Crippen LogP contribution is 2.36. The second-order valence-electron chi connectivity index (χ2n) is 2.20. The molecule has 0 aliphatic rings. The van der Waals surface area contributed by atoms with Crippen molar-refractivity contribution in [1.29, 1.82) is 0 Å². The van der Waals surface area contributed by atoms with E-state index in [1.54, 1.807) is 0 Å². The Bertz CT molecular complexity index is 295. The highest BCUT2D eigenvalue weighted by molar-refractivity contribution is 9.10. The van der Waals surface area contributed by atoms with Gasteiger partial charge in [0, 0.05) is 4.47 Å². The van der Waals surface area contributed by atoms with Crippen molar-refractivity contribution >= 4 is 21.6 Å². The number of benzene rings is 1. The Morgan fingerprint density at radius 2 is 1.83 bits per heavy atom. The van der Waals surface area contributed by atoms with Crippen LogP contribution in [0.1, 0.15) is 5.56 Å². The van der Waals surface area contributed by atoms with E-state index < -0.39 is 11.7 Å². The van der Waals surface area contributed by atoms with Gasteiger partial charge in [-0.05, 0) is 28.1 Å². The maximum atomic E-state index is 12.1. The van der Waals surface area contributed by atoms with Gasteiger partial charge >= 0.3 is 6.18 Å². The SMILES string of the molecule is Nc1c(Br)cccc1C(F)(F)F. The molecule has 0 saturated carbocycles. The fourth-order valence-corrected chi connectivity index (χ4v) is 1.15. The van der Waals surface area contributed by atoms with Gasteiger partial charge in [0.2, 0.25) is 0 Å². The van der Waals surface area contributed by atoms with Gasteiger partial charge in [-0.15, -0.1) is 0 Å². The number of rotatable bonds is 0. The van der Waals surface area contributed by atoms with Crippen LogP contribution in [-0.4, -0.2) is 0 Å². The molecule has 2 N–H and O–H groups in total. The van der Waals surface area contributed by atoms with Gasteiger partial charge in [-0.3, -0.25) is 0 Å². The minimum atomic E-state index is -4.38. The van der Waals surface area contributed by atoms with Crippen molar-refractivity contribution < 1.29 is 13.2 Å². The van der Waals surface area contributed by atoms with Crippen molar-refractivity contribution in [3.05, 3.63) is 28.2 Å². The second kappa shape index (κ2) is 2.97. The van der Waals surface area contributed by atoms with E-state index in [0.29, 0.717) is 0 Å². The van der Waals surface area contributed by atoms with E-state index >= 15 is 0 Å². The van der Waals surface area contributed by atoms with Crippen LogP contribution in [0, 0.1) is 0 Å². The molecule has 0 aliphatic carbocycles. The molecule has 0 amide bonds. The molecule has 0 heterocycles. The lowest BCUT2D eigenvalue weighted by atomic mass is 10.2. The number of hydrogen-bond acceptors (Lipinski definition) is 1. The summed E-state index contributed by atoms with van der Waals surface area (Å²) in [7, 11) is 0. The van der Waals surface area contributed by atoms with Crippen LogP contribution in [0.15, 0.2) is 22.7 Å². The highest BCUT2D eigenvalue weighted by Gasteiger charge is 2.33. The third kappa shape index (κ3) is 1.72. The summed E-state index contributed by atoms with van der Waals surface area (Å²) in [5, 5.41) is 0. The summed E-state index contributed by atoms with van der Waals surface area (Å²) in [6.07, 6.45) is -4.38. The van der Waals surface area contributed by atoms with Gasteiger partial charge in [-0.1, -0.05) is 6.07 Å². The zero-order valence-corrected chi connectivity index (χ0v) is 7.41. The summed E-state index contributed by atoms with van der Waals surface area (Å²) in [4.78, 5) is 0. The van der Waals surface area contributed by atoms with Crippen molar-refractivity contribution in [2.24, 2.45) is 0 Å². The lowest BCUT2D eigenvalue weighted by molar-refractivity contribution is -0.136. The molecule has 5 heteroatoms. The molecular formula is C7H5BrF3N. The van der Waals surface area contributed by atoms with Crippen molar-refractivity contribution in [2.75, 3.05) is 5.73 Å². The molecule has 0 saturated heterocycles. The number of nitrogen functional groups attached to an aromatic ring is 1.